The van der Waals surface area contributed by atoms with Crippen LogP contribution in [-0.4, -0.2) is 10.5 Å². The third-order valence-electron chi connectivity index (χ3n) is 3.16. The van der Waals surface area contributed by atoms with Gasteiger partial charge in [-0.1, -0.05) is 24.3 Å². The summed E-state index contributed by atoms with van der Waals surface area (Å²) in [6, 6.07) is 7.80. The molecule has 0 aliphatic rings. The minimum Gasteiger partial charge on any atom is -0.324 e. The van der Waals surface area contributed by atoms with E-state index in [0.29, 0.717) is 0 Å². The van der Waals surface area contributed by atoms with E-state index < -0.39 is 0 Å². The maximum atomic E-state index is 11.6. The average molecular weight is 242 g/mol. The highest BCUT2D eigenvalue weighted by molar-refractivity contribution is 5.93. The van der Waals surface area contributed by atoms with Crippen molar-refractivity contribution in [1.82, 2.24) is 4.57 Å². The Morgan fingerprint density at radius 1 is 1.50 bits per heavy atom. The largest absolute Gasteiger partial charge is 0.324 e. The van der Waals surface area contributed by atoms with E-state index in [1.165, 1.54) is 0 Å². The van der Waals surface area contributed by atoms with E-state index in [2.05, 4.69) is 6.58 Å². The van der Waals surface area contributed by atoms with E-state index in [0.717, 1.165) is 29.3 Å². The molecule has 2 rings (SSSR count). The van der Waals surface area contributed by atoms with Crippen LogP contribution in [0.1, 0.15) is 36.2 Å². The monoisotopic (exact) mass is 242 g/mol. The number of allylic oxidation sites excluding steroid dienone is 1. The van der Waals surface area contributed by atoms with E-state index >= 15 is 0 Å². The minimum absolute atomic E-state index is 0.00775. The molecule has 0 saturated carbocycles. The Bertz CT molecular complexity index is 583. The number of carbonyl (C=O) groups excluding carboxylic acids is 1. The number of nitrogens with two attached hydrogens (primary N) is 1. The first kappa shape index (κ1) is 12.6. The highest BCUT2D eigenvalue weighted by Crippen LogP contribution is 2.27. The molecule has 0 saturated heterocycles. The summed E-state index contributed by atoms with van der Waals surface area (Å²) in [6.07, 6.45) is 5.45. The molecule has 0 aliphatic heterocycles. The van der Waals surface area contributed by atoms with Crippen LogP contribution in [0, 0.1) is 0 Å². The second-order valence-corrected chi connectivity index (χ2v) is 4.46. The molecule has 2 aromatic rings. The predicted molar refractivity (Wildman–Crippen MR) is 74.6 cm³/mol. The summed E-state index contributed by atoms with van der Waals surface area (Å²) in [6.45, 7) is 5.27. The number of nitrogens with zero attached hydrogens (tertiary/aromatic N) is 1. The van der Waals surface area contributed by atoms with Crippen LogP contribution in [0.25, 0.3) is 10.9 Å². The van der Waals surface area contributed by atoms with Gasteiger partial charge in [-0.25, -0.2) is 0 Å². The summed E-state index contributed by atoms with van der Waals surface area (Å²) in [5.74, 6) is 0.00775. The molecule has 3 nitrogen and oxygen atoms in total. The van der Waals surface area contributed by atoms with Crippen molar-refractivity contribution in [3.05, 3.63) is 48.7 Å². The van der Waals surface area contributed by atoms with Crippen LogP contribution in [0.3, 0.4) is 0 Å². The molecular formula is C15H18N2O. The number of carbonyl (C=O) groups is 1. The van der Waals surface area contributed by atoms with Crippen molar-refractivity contribution in [2.45, 2.75) is 25.8 Å². The maximum absolute atomic E-state index is 11.6. The second kappa shape index (κ2) is 5.19. The molecule has 0 amide bonds. The van der Waals surface area contributed by atoms with Gasteiger partial charge >= 0.3 is 0 Å². The van der Waals surface area contributed by atoms with Gasteiger partial charge in [0, 0.05) is 24.5 Å². The first-order valence-corrected chi connectivity index (χ1v) is 6.12. The predicted octanol–water partition coefficient (Wildman–Crippen LogP) is 3.27. The van der Waals surface area contributed by atoms with Crippen molar-refractivity contribution in [2.75, 3.05) is 0 Å². The Morgan fingerprint density at radius 2 is 2.22 bits per heavy atom. The van der Waals surface area contributed by atoms with Crippen LogP contribution in [-0.2, 0) is 0 Å². The van der Waals surface area contributed by atoms with Gasteiger partial charge in [0.2, 0.25) is 5.91 Å². The fourth-order valence-electron chi connectivity index (χ4n) is 2.21. The number of fused-ring (bicyclic) bond motifs is 1. The third kappa shape index (κ3) is 2.22. The van der Waals surface area contributed by atoms with Gasteiger partial charge in [-0.15, -0.1) is 6.58 Å². The minimum atomic E-state index is -0.0616. The zero-order valence-corrected chi connectivity index (χ0v) is 10.6. The summed E-state index contributed by atoms with van der Waals surface area (Å²) in [7, 11) is 0. The van der Waals surface area contributed by atoms with Gasteiger partial charge in [0.05, 0.1) is 5.52 Å². The summed E-state index contributed by atoms with van der Waals surface area (Å²) in [5.41, 5.74) is 8.14. The van der Waals surface area contributed by atoms with Gasteiger partial charge in [0.25, 0.3) is 0 Å². The third-order valence-corrected chi connectivity index (χ3v) is 3.16. The standard InChI is InChI=1S/C15H18N2O/c1-3-4-8-14(16)13-10-17(11(2)18)15-9-6-5-7-12(13)15/h3,5-7,9-10,14H,1,4,8,16H2,2H3/t14-/m1/s1. The molecule has 1 heterocycles. The molecule has 18 heavy (non-hydrogen) atoms. The quantitative estimate of drug-likeness (QED) is 0.836. The van der Waals surface area contributed by atoms with Crippen molar-refractivity contribution in [2.24, 2.45) is 5.73 Å². The smallest absolute Gasteiger partial charge is 0.227 e. The molecule has 0 bridgehead atoms. The first-order chi connectivity index (χ1) is 8.65. The zero-order valence-electron chi connectivity index (χ0n) is 10.6. The Labute approximate surface area is 107 Å². The Balaban J connectivity index is 2.50. The number of rotatable bonds is 4. The molecule has 1 aromatic carbocycles. The maximum Gasteiger partial charge on any atom is 0.227 e. The van der Waals surface area contributed by atoms with Crippen LogP contribution in [0.15, 0.2) is 43.1 Å². The van der Waals surface area contributed by atoms with E-state index in [1.807, 2.05) is 36.5 Å². The van der Waals surface area contributed by atoms with Gasteiger partial charge < -0.3 is 5.73 Å². The van der Waals surface area contributed by atoms with Crippen molar-refractivity contribution in [1.29, 1.82) is 0 Å². The molecule has 94 valence electrons. The number of hydrogen-bond donors (Lipinski definition) is 1. The summed E-state index contributed by atoms with van der Waals surface area (Å²) < 4.78 is 1.67. The lowest BCUT2D eigenvalue weighted by atomic mass is 10.0. The van der Waals surface area contributed by atoms with E-state index in [-0.39, 0.29) is 11.9 Å². The molecule has 1 aromatic heterocycles. The molecular weight excluding hydrogens is 224 g/mol. The number of para-hydroxylation sites is 1. The van der Waals surface area contributed by atoms with Crippen LogP contribution >= 0.6 is 0 Å². The average Bonchev–Trinajstić information content (AvgIpc) is 2.75. The van der Waals surface area contributed by atoms with Gasteiger partial charge in [-0.3, -0.25) is 9.36 Å². The van der Waals surface area contributed by atoms with Crippen molar-refractivity contribution < 1.29 is 4.79 Å². The molecule has 0 spiro atoms. The summed E-state index contributed by atoms with van der Waals surface area (Å²) in [5, 5.41) is 1.06. The summed E-state index contributed by atoms with van der Waals surface area (Å²) in [4.78, 5) is 11.6. The normalized spacial score (nSPS) is 12.6. The van der Waals surface area contributed by atoms with E-state index in [4.69, 9.17) is 5.73 Å². The van der Waals surface area contributed by atoms with E-state index in [9.17, 15) is 4.79 Å². The number of benzene rings is 1. The molecule has 0 unspecified atom stereocenters. The van der Waals surface area contributed by atoms with Gasteiger partial charge in [0.1, 0.15) is 0 Å². The highest BCUT2D eigenvalue weighted by atomic mass is 16.1. The molecule has 3 heteroatoms. The highest BCUT2D eigenvalue weighted by Gasteiger charge is 2.15. The lowest BCUT2D eigenvalue weighted by Crippen LogP contribution is -2.09. The van der Waals surface area contributed by atoms with Crippen LogP contribution in [0.5, 0.6) is 0 Å². The molecule has 1 atom stereocenters. The molecule has 0 aliphatic carbocycles. The topological polar surface area (TPSA) is 48.0 Å². The van der Waals surface area contributed by atoms with Crippen molar-refractivity contribution in [3.8, 4) is 0 Å². The Kier molecular flexibility index (Phi) is 3.63. The summed E-state index contributed by atoms with van der Waals surface area (Å²) >= 11 is 0. The second-order valence-electron chi connectivity index (χ2n) is 4.46. The Morgan fingerprint density at radius 3 is 2.89 bits per heavy atom. The molecule has 0 fully saturated rings. The molecule has 0 radical (unpaired) electrons. The van der Waals surface area contributed by atoms with Gasteiger partial charge in [-0.05, 0) is 24.5 Å². The van der Waals surface area contributed by atoms with Crippen LogP contribution in [0.2, 0.25) is 0 Å². The number of aromatic nitrogens is 1. The van der Waals surface area contributed by atoms with Gasteiger partial charge in [-0.2, -0.15) is 0 Å². The van der Waals surface area contributed by atoms with Crippen molar-refractivity contribution in [3.63, 3.8) is 0 Å². The lowest BCUT2D eigenvalue weighted by Gasteiger charge is -2.08. The van der Waals surface area contributed by atoms with Crippen LogP contribution in [0.4, 0.5) is 0 Å². The van der Waals surface area contributed by atoms with Crippen molar-refractivity contribution >= 4 is 16.8 Å². The van der Waals surface area contributed by atoms with Gasteiger partial charge in [0.15, 0.2) is 0 Å². The lowest BCUT2D eigenvalue weighted by molar-refractivity contribution is 0.0941. The fourth-order valence-corrected chi connectivity index (χ4v) is 2.21. The fraction of sp³-hybridized carbons (Fsp3) is 0.267. The number of hydrogen-bond acceptors (Lipinski definition) is 2. The van der Waals surface area contributed by atoms with E-state index in [1.54, 1.807) is 11.5 Å². The molecule has 2 N–H and O–H groups in total. The van der Waals surface area contributed by atoms with Crippen LogP contribution < -0.4 is 5.73 Å². The SMILES string of the molecule is C=CCC[C@@H](N)c1cn(C(C)=O)c2ccccc12. The zero-order chi connectivity index (χ0) is 13.1. The Hall–Kier alpha value is -1.87. The first-order valence-electron chi connectivity index (χ1n) is 6.12.